The van der Waals surface area contributed by atoms with Gasteiger partial charge in [-0.15, -0.1) is 0 Å². The van der Waals surface area contributed by atoms with Crippen LogP contribution < -0.4 is 10.1 Å². The smallest absolute Gasteiger partial charge is 0.143 e. The zero-order chi connectivity index (χ0) is 14.1. The van der Waals surface area contributed by atoms with Crippen LogP contribution in [0.1, 0.15) is 5.56 Å². The second kappa shape index (κ2) is 5.13. The molecule has 0 unspecified atom stereocenters. The van der Waals surface area contributed by atoms with E-state index >= 15 is 0 Å². The van der Waals surface area contributed by atoms with E-state index in [-0.39, 0.29) is 0 Å². The van der Waals surface area contributed by atoms with Gasteiger partial charge in [-0.25, -0.2) is 0 Å². The number of anilines is 1. The molecule has 21 heavy (non-hydrogen) atoms. The standard InChI is InChI=1S/C19H17NO/c1-2-6-14(7-3-1)12-16-13-21-18-11-10-15-8-4-5-9-17(15)19(18)20-16/h1-11,16,20H,12-13H2/t16-/m0/s1. The molecule has 1 aliphatic rings. The van der Waals surface area contributed by atoms with Crippen LogP contribution in [0.25, 0.3) is 10.8 Å². The van der Waals surface area contributed by atoms with Crippen molar-refractivity contribution in [2.45, 2.75) is 12.5 Å². The van der Waals surface area contributed by atoms with Crippen molar-refractivity contribution in [3.63, 3.8) is 0 Å². The number of hydrogen-bond acceptors (Lipinski definition) is 2. The van der Waals surface area contributed by atoms with Crippen LogP contribution in [-0.4, -0.2) is 12.6 Å². The van der Waals surface area contributed by atoms with Crippen LogP contribution in [0.2, 0.25) is 0 Å². The van der Waals surface area contributed by atoms with Gasteiger partial charge in [0.15, 0.2) is 0 Å². The molecule has 0 aliphatic carbocycles. The summed E-state index contributed by atoms with van der Waals surface area (Å²) in [6.45, 7) is 0.709. The number of hydrogen-bond donors (Lipinski definition) is 1. The molecule has 3 aromatic rings. The molecule has 0 fully saturated rings. The Kier molecular flexibility index (Phi) is 3.00. The van der Waals surface area contributed by atoms with Gasteiger partial charge in [0, 0.05) is 5.39 Å². The maximum atomic E-state index is 5.95. The average molecular weight is 275 g/mol. The summed E-state index contributed by atoms with van der Waals surface area (Å²) < 4.78 is 5.95. The zero-order valence-corrected chi connectivity index (χ0v) is 11.8. The molecular weight excluding hydrogens is 258 g/mol. The second-order valence-electron chi connectivity index (χ2n) is 5.50. The van der Waals surface area contributed by atoms with E-state index in [1.54, 1.807) is 0 Å². The van der Waals surface area contributed by atoms with E-state index in [0.717, 1.165) is 17.9 Å². The molecule has 0 spiro atoms. The monoisotopic (exact) mass is 275 g/mol. The Morgan fingerprint density at radius 2 is 1.71 bits per heavy atom. The summed E-state index contributed by atoms with van der Waals surface area (Å²) in [4.78, 5) is 0. The van der Waals surface area contributed by atoms with Crippen molar-refractivity contribution >= 4 is 16.5 Å². The van der Waals surface area contributed by atoms with Gasteiger partial charge in [-0.3, -0.25) is 0 Å². The highest BCUT2D eigenvalue weighted by molar-refractivity contribution is 5.97. The molecule has 3 aromatic carbocycles. The predicted molar refractivity (Wildman–Crippen MR) is 87.0 cm³/mol. The van der Waals surface area contributed by atoms with Crippen molar-refractivity contribution in [2.24, 2.45) is 0 Å². The highest BCUT2D eigenvalue weighted by atomic mass is 16.5. The van der Waals surface area contributed by atoms with Gasteiger partial charge < -0.3 is 10.1 Å². The molecule has 1 N–H and O–H groups in total. The summed E-state index contributed by atoms with van der Waals surface area (Å²) in [7, 11) is 0. The van der Waals surface area contributed by atoms with E-state index in [4.69, 9.17) is 4.74 Å². The molecule has 2 nitrogen and oxygen atoms in total. The summed E-state index contributed by atoms with van der Waals surface area (Å²) >= 11 is 0. The van der Waals surface area contributed by atoms with Crippen LogP contribution in [0.15, 0.2) is 66.7 Å². The van der Waals surface area contributed by atoms with E-state index in [0.29, 0.717) is 12.6 Å². The van der Waals surface area contributed by atoms with Crippen LogP contribution in [0.5, 0.6) is 5.75 Å². The van der Waals surface area contributed by atoms with E-state index in [9.17, 15) is 0 Å². The van der Waals surface area contributed by atoms with Crippen LogP contribution in [0.4, 0.5) is 5.69 Å². The van der Waals surface area contributed by atoms with Crippen molar-refractivity contribution in [1.82, 2.24) is 0 Å². The first-order chi connectivity index (χ1) is 10.4. The number of benzene rings is 3. The number of nitrogens with one attached hydrogen (secondary N) is 1. The molecule has 0 amide bonds. The van der Waals surface area contributed by atoms with Crippen LogP contribution >= 0.6 is 0 Å². The minimum Gasteiger partial charge on any atom is -0.489 e. The van der Waals surface area contributed by atoms with Gasteiger partial charge in [-0.2, -0.15) is 0 Å². The average Bonchev–Trinajstić information content (AvgIpc) is 2.56. The second-order valence-corrected chi connectivity index (χ2v) is 5.50. The molecule has 104 valence electrons. The van der Waals surface area contributed by atoms with Gasteiger partial charge in [0.25, 0.3) is 0 Å². The lowest BCUT2D eigenvalue weighted by Gasteiger charge is -2.28. The fourth-order valence-corrected chi connectivity index (χ4v) is 2.97. The molecule has 0 saturated carbocycles. The molecule has 0 aromatic heterocycles. The molecule has 2 heteroatoms. The Morgan fingerprint density at radius 1 is 0.905 bits per heavy atom. The maximum absolute atomic E-state index is 5.95. The molecule has 4 rings (SSSR count). The Morgan fingerprint density at radius 3 is 2.62 bits per heavy atom. The van der Waals surface area contributed by atoms with E-state index in [1.807, 2.05) is 0 Å². The summed E-state index contributed by atoms with van der Waals surface area (Å²) in [5.41, 5.74) is 2.46. The lowest BCUT2D eigenvalue weighted by atomic mass is 10.0. The topological polar surface area (TPSA) is 21.3 Å². The van der Waals surface area contributed by atoms with Gasteiger partial charge in [0.05, 0.1) is 11.7 Å². The van der Waals surface area contributed by atoms with Crippen molar-refractivity contribution in [1.29, 1.82) is 0 Å². The van der Waals surface area contributed by atoms with Crippen LogP contribution in [0.3, 0.4) is 0 Å². The number of fused-ring (bicyclic) bond motifs is 3. The fraction of sp³-hybridized carbons (Fsp3) is 0.158. The number of ether oxygens (including phenoxy) is 1. The normalized spacial score (nSPS) is 16.9. The first kappa shape index (κ1) is 12.3. The molecule has 0 saturated heterocycles. The lowest BCUT2D eigenvalue weighted by Crippen LogP contribution is -2.33. The molecule has 1 heterocycles. The van der Waals surface area contributed by atoms with Crippen molar-refractivity contribution < 1.29 is 4.74 Å². The third kappa shape index (κ3) is 2.33. The van der Waals surface area contributed by atoms with Crippen molar-refractivity contribution in [3.8, 4) is 5.75 Å². The zero-order valence-electron chi connectivity index (χ0n) is 11.8. The van der Waals surface area contributed by atoms with E-state index < -0.39 is 0 Å². The maximum Gasteiger partial charge on any atom is 0.143 e. The summed E-state index contributed by atoms with van der Waals surface area (Å²) in [6.07, 6.45) is 0.976. The first-order valence-corrected chi connectivity index (χ1v) is 7.35. The summed E-state index contributed by atoms with van der Waals surface area (Å²) in [6, 6.07) is 23.5. The molecule has 1 aliphatic heterocycles. The Bertz CT molecular complexity index is 767. The number of rotatable bonds is 2. The van der Waals surface area contributed by atoms with E-state index in [2.05, 4.69) is 72.0 Å². The highest BCUT2D eigenvalue weighted by Crippen LogP contribution is 2.36. The van der Waals surface area contributed by atoms with E-state index in [1.165, 1.54) is 16.3 Å². The fourth-order valence-electron chi connectivity index (χ4n) is 2.97. The molecule has 0 bridgehead atoms. The lowest BCUT2D eigenvalue weighted by molar-refractivity contribution is 0.284. The van der Waals surface area contributed by atoms with Gasteiger partial charge in [-0.1, -0.05) is 60.7 Å². The SMILES string of the molecule is c1ccc(C[C@H]2COc3ccc4ccccc4c3N2)cc1. The minimum absolute atomic E-state index is 0.311. The van der Waals surface area contributed by atoms with Crippen molar-refractivity contribution in [3.05, 3.63) is 72.3 Å². The molecule has 1 atom stereocenters. The summed E-state index contributed by atoms with van der Waals surface area (Å²) in [5.74, 6) is 0.956. The first-order valence-electron chi connectivity index (χ1n) is 7.35. The molecular formula is C19H17NO. The Labute approximate surface area is 124 Å². The van der Waals surface area contributed by atoms with Crippen molar-refractivity contribution in [2.75, 3.05) is 11.9 Å². The Balaban J connectivity index is 1.66. The largest absolute Gasteiger partial charge is 0.489 e. The van der Waals surface area contributed by atoms with Gasteiger partial charge >= 0.3 is 0 Å². The van der Waals surface area contributed by atoms with Crippen LogP contribution in [0, 0.1) is 0 Å². The third-order valence-corrected chi connectivity index (χ3v) is 4.00. The van der Waals surface area contributed by atoms with Gasteiger partial charge in [0.1, 0.15) is 12.4 Å². The minimum atomic E-state index is 0.311. The van der Waals surface area contributed by atoms with Gasteiger partial charge in [-0.05, 0) is 23.4 Å². The Hall–Kier alpha value is -2.48. The molecule has 0 radical (unpaired) electrons. The van der Waals surface area contributed by atoms with Gasteiger partial charge in [0.2, 0.25) is 0 Å². The van der Waals surface area contributed by atoms with Crippen LogP contribution in [-0.2, 0) is 6.42 Å². The third-order valence-electron chi connectivity index (χ3n) is 4.00. The predicted octanol–water partition coefficient (Wildman–Crippen LogP) is 4.26. The summed E-state index contributed by atoms with van der Waals surface area (Å²) in [5, 5.41) is 6.14. The quantitative estimate of drug-likeness (QED) is 0.754. The highest BCUT2D eigenvalue weighted by Gasteiger charge is 2.20.